The van der Waals surface area contributed by atoms with Gasteiger partial charge in [-0.2, -0.15) is 0 Å². The Morgan fingerprint density at radius 1 is 0.800 bits per heavy atom. The highest BCUT2D eigenvalue weighted by molar-refractivity contribution is 7.98. The van der Waals surface area contributed by atoms with E-state index in [4.69, 9.17) is 9.47 Å². The Hall–Kier alpha value is -4.37. The predicted molar refractivity (Wildman–Crippen MR) is 152 cm³/mol. The van der Waals surface area contributed by atoms with E-state index >= 15 is 8.78 Å². The maximum atomic E-state index is 15.1. The molecule has 0 unspecified atom stereocenters. The van der Waals surface area contributed by atoms with Gasteiger partial charge in [-0.25, -0.2) is 18.2 Å². The average molecular weight is 562 g/mol. The van der Waals surface area contributed by atoms with E-state index in [9.17, 15) is 4.39 Å². The molecule has 5 nitrogen and oxygen atoms in total. The van der Waals surface area contributed by atoms with Gasteiger partial charge in [0.15, 0.2) is 16.7 Å². The van der Waals surface area contributed by atoms with Gasteiger partial charge in [0, 0.05) is 35.8 Å². The molecule has 1 aromatic heterocycles. The van der Waals surface area contributed by atoms with E-state index in [0.717, 1.165) is 11.3 Å². The topological polar surface area (TPSA) is 39.5 Å². The van der Waals surface area contributed by atoms with Crippen molar-refractivity contribution in [3.8, 4) is 28.3 Å². The van der Waals surface area contributed by atoms with E-state index in [0.29, 0.717) is 33.7 Å². The van der Waals surface area contributed by atoms with E-state index < -0.39 is 11.6 Å². The molecule has 0 aliphatic carbocycles. The molecule has 0 spiro atoms. The van der Waals surface area contributed by atoms with Crippen LogP contribution in [0.3, 0.4) is 0 Å². The normalized spacial score (nSPS) is 10.9. The Labute approximate surface area is 234 Å². The fraction of sp³-hybridized carbons (Fsp3) is 0.129. The summed E-state index contributed by atoms with van der Waals surface area (Å²) in [7, 11) is 4.98. The standard InChI is InChI=1S/C31H26F3N3O2S/c1-36(24-13-14-28(38-2)29(17-24)39-3)30-18-35-31(37(30)23-11-9-22(32)10-12-23)40-19-25-26(33)15-21(16-27(25)34)20-7-5-4-6-8-20/h4-18H,19H2,1-3H3. The van der Waals surface area contributed by atoms with Crippen molar-refractivity contribution in [3.05, 3.63) is 114 Å². The zero-order chi connectivity index (χ0) is 28.2. The first-order valence-electron chi connectivity index (χ1n) is 12.3. The number of nitrogens with zero attached hydrogens (tertiary/aromatic N) is 3. The summed E-state index contributed by atoms with van der Waals surface area (Å²) in [6.07, 6.45) is 1.66. The first-order valence-corrected chi connectivity index (χ1v) is 13.3. The van der Waals surface area contributed by atoms with E-state index in [1.807, 2.05) is 46.8 Å². The van der Waals surface area contributed by atoms with Crippen LogP contribution in [0.1, 0.15) is 5.56 Å². The largest absolute Gasteiger partial charge is 0.493 e. The van der Waals surface area contributed by atoms with Crippen LogP contribution in [0.4, 0.5) is 24.7 Å². The molecule has 0 aliphatic heterocycles. The van der Waals surface area contributed by atoms with Crippen molar-refractivity contribution < 1.29 is 22.6 Å². The molecule has 1 heterocycles. The van der Waals surface area contributed by atoms with Crippen LogP contribution in [0.25, 0.3) is 16.8 Å². The molecule has 5 rings (SSSR count). The van der Waals surface area contributed by atoms with Crippen LogP contribution in [-0.2, 0) is 5.75 Å². The lowest BCUT2D eigenvalue weighted by atomic mass is 10.0. The number of aromatic nitrogens is 2. The van der Waals surface area contributed by atoms with Crippen LogP contribution in [0.15, 0.2) is 96.3 Å². The molecule has 0 saturated carbocycles. The smallest absolute Gasteiger partial charge is 0.174 e. The summed E-state index contributed by atoms with van der Waals surface area (Å²) >= 11 is 1.18. The molecule has 0 fully saturated rings. The second kappa shape index (κ2) is 11.8. The van der Waals surface area contributed by atoms with Crippen molar-refractivity contribution in [2.75, 3.05) is 26.2 Å². The third kappa shape index (κ3) is 5.51. The van der Waals surface area contributed by atoms with Crippen molar-refractivity contribution in [2.45, 2.75) is 10.9 Å². The van der Waals surface area contributed by atoms with Crippen LogP contribution in [0, 0.1) is 17.5 Å². The number of anilines is 2. The average Bonchev–Trinajstić information content (AvgIpc) is 3.40. The fourth-order valence-corrected chi connectivity index (χ4v) is 5.34. The van der Waals surface area contributed by atoms with Gasteiger partial charge in [0.2, 0.25) is 0 Å². The van der Waals surface area contributed by atoms with Gasteiger partial charge < -0.3 is 14.4 Å². The Morgan fingerprint density at radius 3 is 2.12 bits per heavy atom. The summed E-state index contributed by atoms with van der Waals surface area (Å²) in [5, 5.41) is 0.486. The quantitative estimate of drug-likeness (QED) is 0.170. The molecule has 0 radical (unpaired) electrons. The van der Waals surface area contributed by atoms with Crippen LogP contribution < -0.4 is 14.4 Å². The number of hydrogen-bond acceptors (Lipinski definition) is 5. The second-order valence-electron chi connectivity index (χ2n) is 8.88. The molecule has 9 heteroatoms. The summed E-state index contributed by atoms with van der Waals surface area (Å²) in [6, 6.07) is 23.2. The van der Waals surface area contributed by atoms with Crippen LogP contribution in [0.2, 0.25) is 0 Å². The molecular formula is C31H26F3N3O2S. The lowest BCUT2D eigenvalue weighted by molar-refractivity contribution is 0.355. The summed E-state index contributed by atoms with van der Waals surface area (Å²) < 4.78 is 56.6. The summed E-state index contributed by atoms with van der Waals surface area (Å²) in [5.41, 5.74) is 2.58. The molecule has 204 valence electrons. The summed E-state index contributed by atoms with van der Waals surface area (Å²) in [5.74, 6) is 0.161. The van der Waals surface area contributed by atoms with Gasteiger partial charge in [0.05, 0.1) is 20.4 Å². The molecule has 0 N–H and O–H groups in total. The summed E-state index contributed by atoms with van der Waals surface area (Å²) in [4.78, 5) is 6.45. The molecule has 0 atom stereocenters. The second-order valence-corrected chi connectivity index (χ2v) is 9.82. The van der Waals surface area contributed by atoms with E-state index in [1.54, 1.807) is 50.7 Å². The lowest BCUT2D eigenvalue weighted by Gasteiger charge is -2.23. The van der Waals surface area contributed by atoms with Gasteiger partial charge in [-0.05, 0) is 59.7 Å². The van der Waals surface area contributed by atoms with E-state index in [-0.39, 0.29) is 17.1 Å². The number of hydrogen-bond donors (Lipinski definition) is 0. The van der Waals surface area contributed by atoms with Gasteiger partial charge >= 0.3 is 0 Å². The van der Waals surface area contributed by atoms with Crippen molar-refractivity contribution >= 4 is 23.3 Å². The van der Waals surface area contributed by atoms with Gasteiger partial charge in [-0.15, -0.1) is 0 Å². The molecule has 0 bridgehead atoms. The lowest BCUT2D eigenvalue weighted by Crippen LogP contribution is -2.14. The minimum atomic E-state index is -0.631. The Balaban J connectivity index is 1.49. The van der Waals surface area contributed by atoms with E-state index in [1.165, 1.54) is 36.0 Å². The zero-order valence-electron chi connectivity index (χ0n) is 22.1. The number of imidazole rings is 1. The van der Waals surface area contributed by atoms with Crippen molar-refractivity contribution in [3.63, 3.8) is 0 Å². The Bertz CT molecular complexity index is 1600. The molecule has 0 amide bonds. The van der Waals surface area contributed by atoms with Crippen LogP contribution in [0.5, 0.6) is 11.5 Å². The van der Waals surface area contributed by atoms with Crippen molar-refractivity contribution in [1.29, 1.82) is 0 Å². The third-order valence-electron chi connectivity index (χ3n) is 6.49. The third-order valence-corrected chi connectivity index (χ3v) is 7.47. The highest BCUT2D eigenvalue weighted by Crippen LogP contribution is 2.37. The summed E-state index contributed by atoms with van der Waals surface area (Å²) in [6.45, 7) is 0. The maximum absolute atomic E-state index is 15.1. The first-order chi connectivity index (χ1) is 19.4. The van der Waals surface area contributed by atoms with E-state index in [2.05, 4.69) is 4.98 Å². The Kier molecular flexibility index (Phi) is 8.02. The highest BCUT2D eigenvalue weighted by atomic mass is 32.2. The molecule has 4 aromatic carbocycles. The predicted octanol–water partition coefficient (Wildman–Crippen LogP) is 8.03. The maximum Gasteiger partial charge on any atom is 0.174 e. The zero-order valence-corrected chi connectivity index (χ0v) is 22.9. The molecule has 5 aromatic rings. The highest BCUT2D eigenvalue weighted by Gasteiger charge is 2.20. The number of thioether (sulfide) groups is 1. The van der Waals surface area contributed by atoms with Crippen LogP contribution >= 0.6 is 11.8 Å². The van der Waals surface area contributed by atoms with Gasteiger partial charge in [-0.1, -0.05) is 42.1 Å². The Morgan fingerprint density at radius 2 is 1.48 bits per heavy atom. The number of methoxy groups -OCH3 is 2. The number of benzene rings is 4. The van der Waals surface area contributed by atoms with Gasteiger partial charge in [0.25, 0.3) is 0 Å². The SMILES string of the molecule is COc1ccc(N(C)c2cnc(SCc3c(F)cc(-c4ccccc4)cc3F)n2-c2ccc(F)cc2)cc1OC. The van der Waals surface area contributed by atoms with Crippen LogP contribution in [-0.4, -0.2) is 30.8 Å². The minimum absolute atomic E-state index is 0.00442. The molecule has 0 aliphatic rings. The van der Waals surface area contributed by atoms with Crippen molar-refractivity contribution in [2.24, 2.45) is 0 Å². The number of rotatable bonds is 9. The number of halogens is 3. The monoisotopic (exact) mass is 561 g/mol. The fourth-order valence-electron chi connectivity index (χ4n) is 4.34. The molecule has 0 saturated heterocycles. The molecule has 40 heavy (non-hydrogen) atoms. The van der Waals surface area contributed by atoms with Gasteiger partial charge in [-0.3, -0.25) is 4.57 Å². The van der Waals surface area contributed by atoms with Gasteiger partial charge in [0.1, 0.15) is 23.3 Å². The molecular weight excluding hydrogens is 535 g/mol. The first kappa shape index (κ1) is 27.2. The minimum Gasteiger partial charge on any atom is -0.493 e. The van der Waals surface area contributed by atoms with Crippen molar-refractivity contribution in [1.82, 2.24) is 9.55 Å². The number of ether oxygens (including phenoxy) is 2.